The number of hydrogen-bond donors (Lipinski definition) is 9. The summed E-state index contributed by atoms with van der Waals surface area (Å²) in [5, 5.41) is 25.0. The molecule has 56 heavy (non-hydrogen) atoms. The Morgan fingerprint density at radius 2 is 1.09 bits per heavy atom. The smallest absolute Gasteiger partial charge is 0.243 e. The number of carbonyl (C=O) groups is 3. The van der Waals surface area contributed by atoms with Gasteiger partial charge in [-0.3, -0.25) is 24.8 Å². The van der Waals surface area contributed by atoms with Gasteiger partial charge in [0.1, 0.15) is 12.1 Å². The van der Waals surface area contributed by atoms with Crippen LogP contribution in [0.3, 0.4) is 0 Å². The predicted molar refractivity (Wildman–Crippen MR) is 225 cm³/mol. The van der Waals surface area contributed by atoms with E-state index in [9.17, 15) is 14.4 Å². The second-order valence-electron chi connectivity index (χ2n) is 13.5. The molecule has 13 nitrogen and oxygen atoms in total. The molecule has 0 aliphatic heterocycles. The Labute approximate surface area is 330 Å². The van der Waals surface area contributed by atoms with Gasteiger partial charge in [-0.15, -0.1) is 0 Å². The number of carbonyl (C=O) groups excluding carboxylic acids is 3. The molecule has 4 aromatic carbocycles. The van der Waals surface area contributed by atoms with Crippen LogP contribution in [-0.2, 0) is 27.2 Å². The number of nitrogens with zero attached hydrogens (tertiary/aromatic N) is 1. The van der Waals surface area contributed by atoms with Gasteiger partial charge in [0.05, 0.1) is 6.04 Å². The molecule has 0 spiro atoms. The van der Waals surface area contributed by atoms with E-state index >= 15 is 0 Å². The van der Waals surface area contributed by atoms with Crippen molar-refractivity contribution < 1.29 is 14.4 Å². The molecule has 0 saturated carbocycles. The lowest BCUT2D eigenvalue weighted by atomic mass is 9.99. The van der Waals surface area contributed by atoms with Crippen LogP contribution in [0.2, 0.25) is 0 Å². The highest BCUT2D eigenvalue weighted by molar-refractivity contribution is 5.93. The van der Waals surface area contributed by atoms with E-state index in [1.54, 1.807) is 14.1 Å². The van der Waals surface area contributed by atoms with E-state index in [1.165, 1.54) is 0 Å². The molecule has 0 unspecified atom stereocenters. The summed E-state index contributed by atoms with van der Waals surface area (Å²) in [5.74, 6) is -0.796. The van der Waals surface area contributed by atoms with Crippen molar-refractivity contribution in [1.82, 2.24) is 31.9 Å². The van der Waals surface area contributed by atoms with E-state index in [0.717, 1.165) is 33.4 Å². The summed E-state index contributed by atoms with van der Waals surface area (Å²) in [6.45, 7) is 1.37. The zero-order valence-corrected chi connectivity index (χ0v) is 32.3. The van der Waals surface area contributed by atoms with E-state index < -0.39 is 29.9 Å². The minimum atomic E-state index is -0.958. The van der Waals surface area contributed by atoms with Gasteiger partial charge in [-0.05, 0) is 65.5 Å². The molecular formula is C43H56N10O3. The number of amides is 3. The van der Waals surface area contributed by atoms with Crippen LogP contribution in [0.15, 0.2) is 114 Å². The highest BCUT2D eigenvalue weighted by Gasteiger charge is 2.28. The molecule has 0 bridgehead atoms. The maximum atomic E-state index is 14.1. The number of benzene rings is 4. The van der Waals surface area contributed by atoms with Crippen molar-refractivity contribution in [3.8, 4) is 22.3 Å². The minimum Gasteiger partial charge on any atom is -0.370 e. The summed E-state index contributed by atoms with van der Waals surface area (Å²) in [7, 11) is 3.42. The van der Waals surface area contributed by atoms with Crippen LogP contribution in [0.4, 0.5) is 0 Å². The summed E-state index contributed by atoms with van der Waals surface area (Å²) in [6, 6.07) is 33.0. The fourth-order valence-corrected chi connectivity index (χ4v) is 6.14. The molecule has 4 aromatic rings. The first kappa shape index (κ1) is 42.5. The first-order chi connectivity index (χ1) is 27.2. The van der Waals surface area contributed by atoms with Gasteiger partial charge in [-0.1, -0.05) is 109 Å². The number of guanidine groups is 2. The van der Waals surface area contributed by atoms with E-state index in [4.69, 9.17) is 16.9 Å². The van der Waals surface area contributed by atoms with E-state index in [2.05, 4.69) is 36.9 Å². The third-order valence-corrected chi connectivity index (χ3v) is 9.26. The maximum Gasteiger partial charge on any atom is 0.243 e. The van der Waals surface area contributed by atoms with E-state index in [1.807, 2.05) is 109 Å². The quantitative estimate of drug-likeness (QED) is 0.0371. The summed E-state index contributed by atoms with van der Waals surface area (Å²) >= 11 is 0. The summed E-state index contributed by atoms with van der Waals surface area (Å²) in [6.07, 6.45) is 2.65. The zero-order chi connectivity index (χ0) is 40.1. The lowest BCUT2D eigenvalue weighted by molar-refractivity contribution is -0.132. The molecule has 0 aliphatic carbocycles. The number of aliphatic imine (C=N–C) groups is 1. The molecular weight excluding hydrogens is 705 g/mol. The van der Waals surface area contributed by atoms with Gasteiger partial charge in [0.15, 0.2) is 11.9 Å². The molecule has 0 heterocycles. The van der Waals surface area contributed by atoms with Crippen LogP contribution < -0.4 is 43.4 Å². The summed E-state index contributed by atoms with van der Waals surface area (Å²) in [4.78, 5) is 45.4. The van der Waals surface area contributed by atoms with Gasteiger partial charge < -0.3 is 43.4 Å². The van der Waals surface area contributed by atoms with Crippen LogP contribution in [-0.4, -0.2) is 81.5 Å². The average molecular weight is 761 g/mol. The first-order valence-electron chi connectivity index (χ1n) is 19.1. The number of hydrogen-bond acceptors (Lipinski definition) is 6. The molecule has 3 amide bonds. The van der Waals surface area contributed by atoms with Crippen molar-refractivity contribution >= 4 is 29.6 Å². The standard InChI is InChI=1S/C43H56N10O3/c1-47-43(48-2)51-27-11-16-37(52-39(54)36(44)28-30-17-21-34(22-18-30)32-12-5-3-6-13-32)41(56)53-38(40(55)49-25-9-10-26-50-42(45)46)29-31-19-23-35(24-20-31)33-14-7-4-8-15-33/h3-8,12-15,17-24,36-38H,9-11,16,25-29,44H2,1-2H3,(H,49,55)(H,52,54)(H,53,56)(H4,45,46,50)(H2,47,48,51)/t36-,37-,38-/m0/s1. The van der Waals surface area contributed by atoms with Crippen molar-refractivity contribution in [2.75, 3.05) is 33.7 Å². The van der Waals surface area contributed by atoms with Crippen molar-refractivity contribution in [3.05, 3.63) is 120 Å². The highest BCUT2D eigenvalue weighted by atomic mass is 16.2. The van der Waals surface area contributed by atoms with Gasteiger partial charge in [0, 0.05) is 40.2 Å². The number of rotatable bonds is 20. The van der Waals surface area contributed by atoms with Gasteiger partial charge >= 0.3 is 0 Å². The molecule has 0 fully saturated rings. The second kappa shape index (κ2) is 22.9. The Hall–Kier alpha value is -6.21. The Morgan fingerprint density at radius 3 is 1.61 bits per heavy atom. The second-order valence-corrected chi connectivity index (χ2v) is 13.5. The third-order valence-electron chi connectivity index (χ3n) is 9.26. The van der Waals surface area contributed by atoms with Gasteiger partial charge in [-0.25, -0.2) is 0 Å². The van der Waals surface area contributed by atoms with Crippen LogP contribution in [0.1, 0.15) is 36.8 Å². The zero-order valence-electron chi connectivity index (χ0n) is 32.3. The highest BCUT2D eigenvalue weighted by Crippen LogP contribution is 2.21. The molecule has 4 rings (SSSR count). The maximum absolute atomic E-state index is 14.1. The van der Waals surface area contributed by atoms with Crippen molar-refractivity contribution in [2.24, 2.45) is 16.5 Å². The lowest BCUT2D eigenvalue weighted by Crippen LogP contribution is -2.56. The average Bonchev–Trinajstić information content (AvgIpc) is 3.22. The Bertz CT molecular complexity index is 1850. The largest absolute Gasteiger partial charge is 0.370 e. The Morgan fingerprint density at radius 1 is 0.607 bits per heavy atom. The molecule has 0 saturated heterocycles. The van der Waals surface area contributed by atoms with Crippen LogP contribution in [0.5, 0.6) is 0 Å². The monoisotopic (exact) mass is 760 g/mol. The van der Waals surface area contributed by atoms with E-state index in [-0.39, 0.29) is 31.1 Å². The van der Waals surface area contributed by atoms with Gasteiger partial charge in [0.2, 0.25) is 17.7 Å². The SMILES string of the molecule is C/N=C(/NC)NCCC[C@H](NC(=O)[C@@H](N)Cc1ccc(-c2ccccc2)cc1)C(=O)N[C@@H](Cc1ccc(-c2ccccc2)cc1)C(=O)NCCCCNC(=N)N. The van der Waals surface area contributed by atoms with E-state index in [0.29, 0.717) is 44.9 Å². The third kappa shape index (κ3) is 14.2. The predicted octanol–water partition coefficient (Wildman–Crippen LogP) is 3.06. The van der Waals surface area contributed by atoms with Crippen LogP contribution >= 0.6 is 0 Å². The molecule has 3 atom stereocenters. The Balaban J connectivity index is 1.46. The first-order valence-corrected chi connectivity index (χ1v) is 19.1. The fourth-order valence-electron chi connectivity index (χ4n) is 6.14. The fraction of sp³-hybridized carbons (Fsp3) is 0.326. The minimum absolute atomic E-state index is 0.105. The number of nitrogens with one attached hydrogen (secondary N) is 7. The topological polar surface area (TPSA) is 212 Å². The molecule has 296 valence electrons. The summed E-state index contributed by atoms with van der Waals surface area (Å²) < 4.78 is 0. The lowest BCUT2D eigenvalue weighted by Gasteiger charge is -2.25. The molecule has 13 heteroatoms. The van der Waals surface area contributed by atoms with Gasteiger partial charge in [0.25, 0.3) is 0 Å². The van der Waals surface area contributed by atoms with Gasteiger partial charge in [-0.2, -0.15) is 0 Å². The molecule has 0 aliphatic rings. The van der Waals surface area contributed by atoms with Crippen molar-refractivity contribution in [1.29, 1.82) is 5.41 Å². The van der Waals surface area contributed by atoms with Crippen molar-refractivity contribution in [2.45, 2.75) is 56.7 Å². The molecule has 0 aromatic heterocycles. The summed E-state index contributed by atoms with van der Waals surface area (Å²) in [5.41, 5.74) is 17.8. The molecule has 0 radical (unpaired) electrons. The normalized spacial score (nSPS) is 12.7. The number of nitrogens with two attached hydrogens (primary N) is 2. The Kier molecular flexibility index (Phi) is 17.4. The van der Waals surface area contributed by atoms with Crippen molar-refractivity contribution in [3.63, 3.8) is 0 Å². The molecule has 11 N–H and O–H groups in total. The van der Waals surface area contributed by atoms with Crippen LogP contribution in [0.25, 0.3) is 22.3 Å². The van der Waals surface area contributed by atoms with Crippen LogP contribution in [0, 0.1) is 5.41 Å². The number of unbranched alkanes of at least 4 members (excludes halogenated alkanes) is 1.